The number of allylic oxidation sites excluding steroid dienone is 3. The first-order chi connectivity index (χ1) is 28.5. The van der Waals surface area contributed by atoms with E-state index in [1.165, 1.54) is 180 Å². The second-order valence-corrected chi connectivity index (χ2v) is 20.0. The van der Waals surface area contributed by atoms with E-state index in [1.807, 2.05) is 27.2 Å². The number of phosphoric ester groups is 1. The first kappa shape index (κ1) is 58.0. The van der Waals surface area contributed by atoms with Gasteiger partial charge in [0.15, 0.2) is 0 Å². The standard InChI is InChI=1S/C50H99N2O6P/c1-6-8-10-12-14-16-18-20-21-22-23-24-25-26-27-28-29-30-31-32-34-36-38-40-42-44-50(54)51-48(47-58-59(55,56)57-46-45-52(3,4)5)49(53)43-41-39-37-35-33-19-17-15-13-11-9-7-2/h26-27,41,43,48-49,53H,6-25,28-40,42,44-47H2,1-5H3,(H-,51,54,55,56)/p+1/b27-26-,43-41+. The third-order valence-corrected chi connectivity index (χ3v) is 12.4. The lowest BCUT2D eigenvalue weighted by atomic mass is 10.0. The molecule has 0 saturated heterocycles. The van der Waals surface area contributed by atoms with Crippen molar-refractivity contribution in [3.63, 3.8) is 0 Å². The number of amides is 1. The molecule has 0 fully saturated rings. The average Bonchev–Trinajstić information content (AvgIpc) is 3.19. The van der Waals surface area contributed by atoms with Crippen LogP contribution in [-0.2, 0) is 18.4 Å². The van der Waals surface area contributed by atoms with Gasteiger partial charge in [0.25, 0.3) is 0 Å². The summed E-state index contributed by atoms with van der Waals surface area (Å²) in [5.41, 5.74) is 0. The van der Waals surface area contributed by atoms with E-state index in [2.05, 4.69) is 31.3 Å². The zero-order valence-corrected chi connectivity index (χ0v) is 40.7. The molecule has 0 heterocycles. The van der Waals surface area contributed by atoms with Gasteiger partial charge in [0, 0.05) is 6.42 Å². The van der Waals surface area contributed by atoms with Crippen LogP contribution in [0.5, 0.6) is 0 Å². The van der Waals surface area contributed by atoms with Gasteiger partial charge in [0.05, 0.1) is 39.9 Å². The molecule has 3 N–H and O–H groups in total. The number of carbonyl (C=O) groups excluding carboxylic acids is 1. The molecular weight excluding hydrogens is 756 g/mol. The third-order valence-electron chi connectivity index (χ3n) is 11.4. The van der Waals surface area contributed by atoms with Crippen molar-refractivity contribution in [2.24, 2.45) is 0 Å². The minimum Gasteiger partial charge on any atom is -0.387 e. The molecule has 0 aromatic carbocycles. The van der Waals surface area contributed by atoms with Gasteiger partial charge >= 0.3 is 7.82 Å². The molecule has 9 heteroatoms. The van der Waals surface area contributed by atoms with Crippen LogP contribution in [0.15, 0.2) is 24.3 Å². The van der Waals surface area contributed by atoms with Crippen LogP contribution in [0, 0.1) is 0 Å². The van der Waals surface area contributed by atoms with Crippen molar-refractivity contribution in [3.8, 4) is 0 Å². The highest BCUT2D eigenvalue weighted by Crippen LogP contribution is 2.43. The van der Waals surface area contributed by atoms with Crippen LogP contribution >= 0.6 is 7.82 Å². The molecule has 0 aromatic rings. The predicted octanol–water partition coefficient (Wildman–Crippen LogP) is 14.5. The highest BCUT2D eigenvalue weighted by molar-refractivity contribution is 7.47. The molecule has 0 aliphatic carbocycles. The number of rotatable bonds is 46. The monoisotopic (exact) mass is 856 g/mol. The minimum absolute atomic E-state index is 0.0623. The van der Waals surface area contributed by atoms with Crippen LogP contribution in [0.1, 0.15) is 239 Å². The quantitative estimate of drug-likeness (QED) is 0.0244. The van der Waals surface area contributed by atoms with E-state index < -0.39 is 20.0 Å². The summed E-state index contributed by atoms with van der Waals surface area (Å²) in [5, 5.41) is 13.8. The molecule has 59 heavy (non-hydrogen) atoms. The first-order valence-electron chi connectivity index (χ1n) is 25.2. The Morgan fingerprint density at radius 3 is 1.31 bits per heavy atom. The Kier molecular flexibility index (Phi) is 41.6. The number of aliphatic hydroxyl groups is 1. The summed E-state index contributed by atoms with van der Waals surface area (Å²) in [6, 6.07) is -0.844. The number of aliphatic hydroxyl groups excluding tert-OH is 1. The van der Waals surface area contributed by atoms with Crippen molar-refractivity contribution in [3.05, 3.63) is 24.3 Å². The zero-order chi connectivity index (χ0) is 43.6. The van der Waals surface area contributed by atoms with Crippen LogP contribution in [0.4, 0.5) is 0 Å². The maximum Gasteiger partial charge on any atom is 0.472 e. The van der Waals surface area contributed by atoms with E-state index in [-0.39, 0.29) is 19.1 Å². The molecular formula is C50H100N2O6P+. The van der Waals surface area contributed by atoms with Crippen LogP contribution in [-0.4, -0.2) is 73.4 Å². The zero-order valence-electron chi connectivity index (χ0n) is 39.8. The Balaban J connectivity index is 4.18. The lowest BCUT2D eigenvalue weighted by Crippen LogP contribution is -2.45. The molecule has 0 rings (SSSR count). The second-order valence-electron chi connectivity index (χ2n) is 18.5. The molecule has 0 spiro atoms. The number of hydrogen-bond donors (Lipinski definition) is 3. The fraction of sp³-hybridized carbons (Fsp3) is 0.900. The van der Waals surface area contributed by atoms with E-state index in [0.29, 0.717) is 17.4 Å². The topological polar surface area (TPSA) is 105 Å². The predicted molar refractivity (Wildman–Crippen MR) is 254 cm³/mol. The van der Waals surface area contributed by atoms with Crippen molar-refractivity contribution in [1.29, 1.82) is 0 Å². The Bertz CT molecular complexity index is 1020. The van der Waals surface area contributed by atoms with Gasteiger partial charge in [-0.25, -0.2) is 4.57 Å². The summed E-state index contributed by atoms with van der Waals surface area (Å²) in [4.78, 5) is 23.2. The molecule has 0 aliphatic rings. The fourth-order valence-corrected chi connectivity index (χ4v) is 8.13. The minimum atomic E-state index is -4.34. The summed E-state index contributed by atoms with van der Waals surface area (Å²) in [6.45, 7) is 4.82. The van der Waals surface area contributed by atoms with Gasteiger partial charge in [-0.15, -0.1) is 0 Å². The van der Waals surface area contributed by atoms with Gasteiger partial charge in [0.1, 0.15) is 13.2 Å². The molecule has 350 valence electrons. The summed E-state index contributed by atoms with van der Waals surface area (Å²) >= 11 is 0. The Morgan fingerprint density at radius 2 is 0.915 bits per heavy atom. The number of phosphoric acid groups is 1. The first-order valence-corrected chi connectivity index (χ1v) is 26.7. The number of unbranched alkanes of at least 4 members (excludes halogenated alkanes) is 31. The molecule has 0 aliphatic heterocycles. The maximum atomic E-state index is 12.9. The number of quaternary nitrogens is 1. The van der Waals surface area contributed by atoms with Gasteiger partial charge in [0.2, 0.25) is 5.91 Å². The highest BCUT2D eigenvalue weighted by atomic mass is 31.2. The lowest BCUT2D eigenvalue weighted by Gasteiger charge is -2.25. The lowest BCUT2D eigenvalue weighted by molar-refractivity contribution is -0.870. The van der Waals surface area contributed by atoms with Gasteiger partial charge in [-0.05, 0) is 44.9 Å². The van der Waals surface area contributed by atoms with Crippen molar-refractivity contribution in [2.75, 3.05) is 40.9 Å². The molecule has 0 radical (unpaired) electrons. The number of hydrogen-bond acceptors (Lipinski definition) is 5. The van der Waals surface area contributed by atoms with Gasteiger partial charge in [-0.1, -0.05) is 212 Å². The summed E-state index contributed by atoms with van der Waals surface area (Å²) < 4.78 is 23.6. The van der Waals surface area contributed by atoms with Crippen molar-refractivity contribution in [1.82, 2.24) is 5.32 Å². The Morgan fingerprint density at radius 1 is 0.559 bits per heavy atom. The van der Waals surface area contributed by atoms with Crippen molar-refractivity contribution < 1.29 is 32.9 Å². The van der Waals surface area contributed by atoms with E-state index in [4.69, 9.17) is 9.05 Å². The van der Waals surface area contributed by atoms with Crippen LogP contribution in [0.25, 0.3) is 0 Å². The van der Waals surface area contributed by atoms with Crippen molar-refractivity contribution in [2.45, 2.75) is 251 Å². The molecule has 3 unspecified atom stereocenters. The number of nitrogens with zero attached hydrogens (tertiary/aromatic N) is 1. The molecule has 8 nitrogen and oxygen atoms in total. The van der Waals surface area contributed by atoms with Crippen LogP contribution < -0.4 is 5.32 Å². The SMILES string of the molecule is CCCCCCCCCCCC/C=C/C(O)C(COP(=O)(O)OCC[N+](C)(C)C)NC(=O)CCCCCCCCCCC/C=C\CCCCCCCCCCCCCC. The van der Waals surface area contributed by atoms with E-state index in [9.17, 15) is 19.4 Å². The average molecular weight is 856 g/mol. The second kappa shape index (κ2) is 42.3. The molecule has 0 aromatic heterocycles. The van der Waals surface area contributed by atoms with E-state index >= 15 is 0 Å². The summed E-state index contributed by atoms with van der Waals surface area (Å²) in [6.07, 6.45) is 51.2. The summed E-state index contributed by atoms with van der Waals surface area (Å²) in [5.74, 6) is -0.178. The number of nitrogens with one attached hydrogen (secondary N) is 1. The molecule has 0 bridgehead atoms. The maximum absolute atomic E-state index is 12.9. The third kappa shape index (κ3) is 44.8. The van der Waals surface area contributed by atoms with Gasteiger partial charge in [-0.2, -0.15) is 0 Å². The molecule has 3 atom stereocenters. The smallest absolute Gasteiger partial charge is 0.387 e. The Hall–Kier alpha value is -1.02. The normalized spacial score (nSPS) is 14.4. The van der Waals surface area contributed by atoms with Crippen LogP contribution in [0.3, 0.4) is 0 Å². The van der Waals surface area contributed by atoms with Gasteiger partial charge in [-0.3, -0.25) is 13.8 Å². The largest absolute Gasteiger partial charge is 0.472 e. The Labute approximate surface area is 366 Å². The molecule has 1 amide bonds. The number of likely N-dealkylation sites (N-methyl/N-ethyl adjacent to an activating group) is 1. The van der Waals surface area contributed by atoms with Crippen molar-refractivity contribution >= 4 is 13.7 Å². The van der Waals surface area contributed by atoms with E-state index in [0.717, 1.165) is 38.5 Å². The summed E-state index contributed by atoms with van der Waals surface area (Å²) in [7, 11) is 1.58. The molecule has 0 saturated carbocycles. The number of carbonyl (C=O) groups is 1. The van der Waals surface area contributed by atoms with Gasteiger partial charge < -0.3 is 19.8 Å². The fourth-order valence-electron chi connectivity index (χ4n) is 7.39. The van der Waals surface area contributed by atoms with E-state index in [1.54, 1.807) is 6.08 Å². The van der Waals surface area contributed by atoms with Crippen LogP contribution in [0.2, 0.25) is 0 Å². The highest BCUT2D eigenvalue weighted by Gasteiger charge is 2.27.